The number of hydrogen-bond donors (Lipinski definition) is 0. The van der Waals surface area contributed by atoms with Crippen LogP contribution in [0.3, 0.4) is 0 Å². The van der Waals surface area contributed by atoms with E-state index in [4.69, 9.17) is 17.4 Å². The van der Waals surface area contributed by atoms with Crippen molar-refractivity contribution in [1.29, 1.82) is 0 Å². The molecule has 0 saturated heterocycles. The van der Waals surface area contributed by atoms with Crippen molar-refractivity contribution >= 4 is 7.37 Å². The quantitative estimate of drug-likeness (QED) is 0.384. The normalized spacial score (nSPS) is 12.5. The summed E-state index contributed by atoms with van der Waals surface area (Å²) in [6, 6.07) is 0. The molecule has 0 rings (SSSR count). The molecule has 70 valence electrons. The molecule has 13 heavy (non-hydrogen) atoms. The van der Waals surface area contributed by atoms with Gasteiger partial charge in [0, 0.05) is 0 Å². The third kappa shape index (κ3) is 4.58. The van der Waals surface area contributed by atoms with E-state index in [1.54, 1.807) is 13.0 Å². The fraction of sp³-hybridized carbons (Fsp3) is 0.400. The van der Waals surface area contributed by atoms with E-state index >= 15 is 0 Å². The minimum Gasteiger partial charge on any atom is -0.308 e. The van der Waals surface area contributed by atoms with Crippen LogP contribution in [-0.4, -0.2) is 6.10 Å². The third-order valence-electron chi connectivity index (χ3n) is 1.45. The minimum absolute atomic E-state index is 0.198. The molecule has 0 aliphatic heterocycles. The summed E-state index contributed by atoms with van der Waals surface area (Å²) in [5.41, 5.74) is 4.01. The molecule has 0 aromatic carbocycles. The van der Waals surface area contributed by atoms with Crippen molar-refractivity contribution in [1.82, 2.24) is 0 Å². The van der Waals surface area contributed by atoms with Crippen LogP contribution in [0.4, 0.5) is 0 Å². The van der Waals surface area contributed by atoms with E-state index < -0.39 is 7.37 Å². The van der Waals surface area contributed by atoms with Crippen molar-refractivity contribution in [3.05, 3.63) is 12.7 Å². The van der Waals surface area contributed by atoms with Gasteiger partial charge in [-0.1, -0.05) is 6.08 Å². The molecule has 0 spiro atoms. The van der Waals surface area contributed by atoms with E-state index in [-0.39, 0.29) is 6.10 Å². The van der Waals surface area contributed by atoms with Gasteiger partial charge in [0.05, 0.1) is 6.10 Å². The maximum atomic E-state index is 11.4. The van der Waals surface area contributed by atoms with Crippen LogP contribution in [0.2, 0.25) is 0 Å². The lowest BCUT2D eigenvalue weighted by molar-refractivity contribution is 0.224. The van der Waals surface area contributed by atoms with Crippen LogP contribution < -0.4 is 0 Å². The zero-order chi connectivity index (χ0) is 10.3. The largest absolute Gasteiger partial charge is 0.345 e. The Balaban J connectivity index is 4.14. The van der Waals surface area contributed by atoms with Gasteiger partial charge in [-0.3, -0.25) is 4.57 Å². The van der Waals surface area contributed by atoms with Gasteiger partial charge in [-0.25, -0.2) is 0 Å². The molecule has 2 nitrogen and oxygen atoms in total. The Hall–Kier alpha value is -0.950. The van der Waals surface area contributed by atoms with Gasteiger partial charge in [0.25, 0.3) is 0 Å². The van der Waals surface area contributed by atoms with Gasteiger partial charge in [-0.05, 0) is 31.1 Å². The Morgan fingerprint density at radius 2 is 2.15 bits per heavy atom. The summed E-state index contributed by atoms with van der Waals surface area (Å²) in [4.78, 5) is 0. The lowest BCUT2D eigenvalue weighted by atomic mass is 10.2. The molecule has 3 heteroatoms. The molecule has 0 amide bonds. The summed E-state index contributed by atoms with van der Waals surface area (Å²) < 4.78 is 16.5. The lowest BCUT2D eigenvalue weighted by Crippen LogP contribution is -2.04. The van der Waals surface area contributed by atoms with Gasteiger partial charge < -0.3 is 4.52 Å². The molecule has 1 unspecified atom stereocenters. The van der Waals surface area contributed by atoms with E-state index in [0.29, 0.717) is 0 Å². The maximum absolute atomic E-state index is 11.4. The number of rotatable bonds is 5. The predicted octanol–water partition coefficient (Wildman–Crippen LogP) is 2.82. The summed E-state index contributed by atoms with van der Waals surface area (Å²) in [5.74, 6) is 0. The SMILES string of the molecule is C#CP(=O)(C#C)OC(C)CCC=C. The zero-order valence-electron chi connectivity index (χ0n) is 7.69. The van der Waals surface area contributed by atoms with E-state index in [9.17, 15) is 4.57 Å². The molecule has 0 aromatic rings. The summed E-state index contributed by atoms with van der Waals surface area (Å²) in [7, 11) is -3.26. The van der Waals surface area contributed by atoms with Crippen molar-refractivity contribution < 1.29 is 9.09 Å². The molecule has 0 N–H and O–H groups in total. The Morgan fingerprint density at radius 1 is 1.62 bits per heavy atom. The van der Waals surface area contributed by atoms with Crippen molar-refractivity contribution in [2.75, 3.05) is 0 Å². The van der Waals surface area contributed by atoms with Crippen molar-refractivity contribution in [3.63, 3.8) is 0 Å². The molecule has 0 heterocycles. The van der Waals surface area contributed by atoms with Crippen LogP contribution in [0.15, 0.2) is 12.7 Å². The van der Waals surface area contributed by atoms with Crippen molar-refractivity contribution in [3.8, 4) is 24.2 Å². The first-order valence-corrected chi connectivity index (χ1v) is 5.55. The highest BCUT2D eigenvalue weighted by molar-refractivity contribution is 7.69. The molecule has 0 radical (unpaired) electrons. The first-order chi connectivity index (χ1) is 6.08. The highest BCUT2D eigenvalue weighted by Gasteiger charge is 2.19. The molecule has 0 saturated carbocycles. The van der Waals surface area contributed by atoms with Gasteiger partial charge in [0.2, 0.25) is 0 Å². The van der Waals surface area contributed by atoms with Crippen LogP contribution in [0, 0.1) is 24.2 Å². The van der Waals surface area contributed by atoms with E-state index in [1.807, 2.05) is 11.3 Å². The molecule has 0 aliphatic rings. The van der Waals surface area contributed by atoms with Crippen LogP contribution in [0.5, 0.6) is 0 Å². The molecule has 0 aromatic heterocycles. The Bertz CT molecular complexity index is 275. The highest BCUT2D eigenvalue weighted by atomic mass is 31.2. The number of allylic oxidation sites excluding steroid dienone is 1. The highest BCUT2D eigenvalue weighted by Crippen LogP contribution is 2.45. The molecule has 0 fully saturated rings. The van der Waals surface area contributed by atoms with E-state index in [2.05, 4.69) is 6.58 Å². The maximum Gasteiger partial charge on any atom is 0.345 e. The second-order valence-corrected chi connectivity index (χ2v) is 4.42. The Labute approximate surface area is 79.8 Å². The third-order valence-corrected chi connectivity index (χ3v) is 2.78. The molecule has 0 bridgehead atoms. The Kier molecular flexibility index (Phi) is 5.24. The average Bonchev–Trinajstić information content (AvgIpc) is 2.14. The average molecular weight is 196 g/mol. The zero-order valence-corrected chi connectivity index (χ0v) is 8.59. The van der Waals surface area contributed by atoms with E-state index in [0.717, 1.165) is 12.8 Å². The van der Waals surface area contributed by atoms with Gasteiger partial charge in [-0.2, -0.15) is 0 Å². The fourth-order valence-electron chi connectivity index (χ4n) is 0.757. The fourth-order valence-corrected chi connectivity index (χ4v) is 1.57. The molecule has 1 atom stereocenters. The predicted molar refractivity (Wildman–Crippen MR) is 55.3 cm³/mol. The van der Waals surface area contributed by atoms with Crippen molar-refractivity contribution in [2.45, 2.75) is 25.9 Å². The summed E-state index contributed by atoms with van der Waals surface area (Å²) in [5, 5.41) is 0. The van der Waals surface area contributed by atoms with Gasteiger partial charge in [0.1, 0.15) is 0 Å². The number of terminal acetylenes is 2. The van der Waals surface area contributed by atoms with Crippen LogP contribution in [0.25, 0.3) is 0 Å². The summed E-state index contributed by atoms with van der Waals surface area (Å²) in [6.45, 7) is 5.35. The molecular weight excluding hydrogens is 183 g/mol. The topological polar surface area (TPSA) is 26.3 Å². The van der Waals surface area contributed by atoms with Gasteiger partial charge >= 0.3 is 7.37 Å². The second kappa shape index (κ2) is 5.65. The smallest absolute Gasteiger partial charge is 0.308 e. The van der Waals surface area contributed by atoms with Crippen LogP contribution in [0.1, 0.15) is 19.8 Å². The van der Waals surface area contributed by atoms with E-state index in [1.165, 1.54) is 0 Å². The summed E-state index contributed by atoms with van der Waals surface area (Å²) >= 11 is 0. The summed E-state index contributed by atoms with van der Waals surface area (Å²) in [6.07, 6.45) is 13.1. The van der Waals surface area contributed by atoms with Gasteiger partial charge in [0.15, 0.2) is 0 Å². The van der Waals surface area contributed by atoms with Crippen LogP contribution in [-0.2, 0) is 9.09 Å². The number of hydrogen-bond acceptors (Lipinski definition) is 2. The Morgan fingerprint density at radius 3 is 2.54 bits per heavy atom. The standard InChI is InChI=1S/C10H13O2P/c1-5-8-9-10(4)12-13(11,6-2)7-3/h2-3,5,10H,1,8-9H2,4H3. The minimum atomic E-state index is -3.26. The molecule has 0 aliphatic carbocycles. The van der Waals surface area contributed by atoms with Crippen LogP contribution >= 0.6 is 7.37 Å². The monoisotopic (exact) mass is 196 g/mol. The lowest BCUT2D eigenvalue weighted by Gasteiger charge is -2.13. The first kappa shape index (κ1) is 12.0. The first-order valence-electron chi connectivity index (χ1n) is 3.93. The molecular formula is C10H13O2P. The second-order valence-electron chi connectivity index (χ2n) is 2.59. The van der Waals surface area contributed by atoms with Gasteiger partial charge in [-0.15, -0.1) is 19.4 Å². The van der Waals surface area contributed by atoms with Crippen molar-refractivity contribution in [2.24, 2.45) is 0 Å².